The molecule has 30 heavy (non-hydrogen) atoms. The number of carbonyl (C=O) groups is 1. The predicted molar refractivity (Wildman–Crippen MR) is 122 cm³/mol. The van der Waals surface area contributed by atoms with Crippen LogP contribution in [0, 0.1) is 16.3 Å². The zero-order valence-electron chi connectivity index (χ0n) is 16.1. The van der Waals surface area contributed by atoms with E-state index in [4.69, 9.17) is 9.47 Å². The normalized spacial score (nSPS) is 14.6. The molecule has 1 aliphatic rings. The Morgan fingerprint density at radius 2 is 1.80 bits per heavy atom. The first kappa shape index (κ1) is 20.3. The Balaban J connectivity index is 1.46. The summed E-state index contributed by atoms with van der Waals surface area (Å²) in [7, 11) is 0. The summed E-state index contributed by atoms with van der Waals surface area (Å²) in [5, 5.41) is 0. The van der Waals surface area contributed by atoms with Crippen molar-refractivity contribution in [2.45, 2.75) is 13.5 Å². The van der Waals surface area contributed by atoms with Gasteiger partial charge in [-0.15, -0.1) is 0 Å². The van der Waals surface area contributed by atoms with E-state index in [1.165, 1.54) is 12.1 Å². The van der Waals surface area contributed by atoms with E-state index in [0.717, 1.165) is 25.8 Å². The molecule has 0 unspecified atom stereocenters. The van der Waals surface area contributed by atoms with Gasteiger partial charge in [-0.2, -0.15) is 0 Å². The number of rotatable bonds is 5. The lowest BCUT2D eigenvalue weighted by Crippen LogP contribution is -2.05. The second kappa shape index (κ2) is 8.79. The number of hydrogen-bond donors (Lipinski definition) is 0. The zero-order chi connectivity index (χ0) is 21.1. The topological polar surface area (TPSA) is 47.9 Å². The molecule has 0 spiro atoms. The van der Waals surface area contributed by atoms with E-state index in [9.17, 15) is 9.18 Å². The Morgan fingerprint density at radius 1 is 1.07 bits per heavy atom. The van der Waals surface area contributed by atoms with E-state index in [0.29, 0.717) is 18.3 Å². The summed E-state index contributed by atoms with van der Waals surface area (Å²) < 4.78 is 25.1. The molecule has 4 rings (SSSR count). The summed E-state index contributed by atoms with van der Waals surface area (Å²) in [5.41, 5.74) is 3.81. The second-order valence-electron chi connectivity index (χ2n) is 6.78. The lowest BCUT2D eigenvalue weighted by molar-refractivity contribution is -0.129. The third kappa shape index (κ3) is 4.76. The molecule has 0 fully saturated rings. The molecule has 1 aliphatic heterocycles. The highest BCUT2D eigenvalue weighted by Crippen LogP contribution is 2.22. The third-order valence-electron chi connectivity index (χ3n) is 4.53. The van der Waals surface area contributed by atoms with Gasteiger partial charge in [0.1, 0.15) is 18.2 Å². The molecule has 0 saturated heterocycles. The van der Waals surface area contributed by atoms with Gasteiger partial charge in [0.05, 0.1) is 0 Å². The molecule has 0 aliphatic carbocycles. The largest absolute Gasteiger partial charge is 0.489 e. The van der Waals surface area contributed by atoms with Crippen molar-refractivity contribution in [3.63, 3.8) is 0 Å². The van der Waals surface area contributed by atoms with Crippen LogP contribution in [0.25, 0.3) is 6.08 Å². The molecule has 3 aromatic rings. The first-order chi connectivity index (χ1) is 14.5. The van der Waals surface area contributed by atoms with Gasteiger partial charge in [0.25, 0.3) is 0 Å². The number of benzene rings is 3. The Hall–Kier alpha value is -3.00. The molecule has 0 N–H and O–H groups in total. The number of ether oxygens (including phenoxy) is 2. The van der Waals surface area contributed by atoms with Gasteiger partial charge in [0.2, 0.25) is 5.90 Å². The zero-order valence-corrected chi connectivity index (χ0v) is 18.2. The fraction of sp³-hybridized carbons (Fsp3) is 0.0833. The van der Waals surface area contributed by atoms with Crippen LogP contribution in [0.5, 0.6) is 5.75 Å². The number of esters is 1. The van der Waals surface area contributed by atoms with Crippen LogP contribution in [0.15, 0.2) is 77.4 Å². The number of carbonyl (C=O) groups excluding carboxylic acids is 1. The van der Waals surface area contributed by atoms with E-state index >= 15 is 0 Å². The van der Waals surface area contributed by atoms with Crippen molar-refractivity contribution >= 4 is 40.5 Å². The summed E-state index contributed by atoms with van der Waals surface area (Å²) in [6.45, 7) is 2.34. The fourth-order valence-corrected chi connectivity index (χ4v) is 3.21. The number of halogens is 2. The maximum atomic E-state index is 13.0. The molecule has 1 heterocycles. The average Bonchev–Trinajstić information content (AvgIpc) is 3.11. The van der Waals surface area contributed by atoms with Crippen molar-refractivity contribution in [1.29, 1.82) is 0 Å². The molecule has 3 aromatic carbocycles. The Bertz CT molecular complexity index is 1150. The van der Waals surface area contributed by atoms with Gasteiger partial charge in [-0.25, -0.2) is 14.2 Å². The van der Waals surface area contributed by atoms with Gasteiger partial charge < -0.3 is 9.47 Å². The Kier molecular flexibility index (Phi) is 5.94. The molecule has 0 amide bonds. The number of cyclic esters (lactones) is 1. The van der Waals surface area contributed by atoms with E-state index in [1.54, 1.807) is 18.2 Å². The van der Waals surface area contributed by atoms with Crippen LogP contribution in [0.1, 0.15) is 22.3 Å². The van der Waals surface area contributed by atoms with Crippen LogP contribution in [-0.2, 0) is 16.1 Å². The van der Waals surface area contributed by atoms with Crippen molar-refractivity contribution in [3.8, 4) is 5.75 Å². The minimum atomic E-state index is -0.474. The summed E-state index contributed by atoms with van der Waals surface area (Å²) in [4.78, 5) is 16.6. The summed E-state index contributed by atoms with van der Waals surface area (Å²) in [5.74, 6) is 0.237. The van der Waals surface area contributed by atoms with E-state index in [2.05, 4.69) is 27.6 Å². The maximum absolute atomic E-state index is 13.0. The van der Waals surface area contributed by atoms with Gasteiger partial charge in [-0.1, -0.05) is 24.3 Å². The monoisotopic (exact) mass is 513 g/mol. The van der Waals surface area contributed by atoms with Crippen LogP contribution < -0.4 is 4.74 Å². The lowest BCUT2D eigenvalue weighted by Gasteiger charge is -2.06. The number of aryl methyl sites for hydroxylation is 1. The number of hydrogen-bond acceptors (Lipinski definition) is 4. The highest BCUT2D eigenvalue weighted by Gasteiger charge is 2.24. The third-order valence-corrected chi connectivity index (χ3v) is 5.74. The molecule has 0 aromatic heterocycles. The second-order valence-corrected chi connectivity index (χ2v) is 7.95. The molecular formula is C24H17FINO3. The molecule has 0 saturated carbocycles. The molecule has 6 heteroatoms. The first-order valence-corrected chi connectivity index (χ1v) is 10.3. The van der Waals surface area contributed by atoms with E-state index in [1.807, 2.05) is 49.4 Å². The predicted octanol–water partition coefficient (Wildman–Crippen LogP) is 5.66. The van der Waals surface area contributed by atoms with Crippen molar-refractivity contribution < 1.29 is 18.7 Å². The van der Waals surface area contributed by atoms with E-state index < -0.39 is 5.97 Å². The first-order valence-electron chi connectivity index (χ1n) is 9.24. The van der Waals surface area contributed by atoms with Gasteiger partial charge in [-0.05, 0) is 94.7 Å². The number of aliphatic imine (C=N–C) groups is 1. The van der Waals surface area contributed by atoms with Gasteiger partial charge >= 0.3 is 5.97 Å². The Labute approximate surface area is 187 Å². The Morgan fingerprint density at radius 3 is 2.50 bits per heavy atom. The van der Waals surface area contributed by atoms with Crippen LogP contribution in [0.4, 0.5) is 4.39 Å². The molecule has 0 radical (unpaired) electrons. The summed E-state index contributed by atoms with van der Waals surface area (Å²) in [6, 6.07) is 19.3. The van der Waals surface area contributed by atoms with Gasteiger partial charge in [0, 0.05) is 9.13 Å². The minimum Gasteiger partial charge on any atom is -0.489 e. The molecule has 4 nitrogen and oxygen atoms in total. The van der Waals surface area contributed by atoms with Gasteiger partial charge in [0.15, 0.2) is 5.70 Å². The van der Waals surface area contributed by atoms with Crippen molar-refractivity contribution in [2.75, 3.05) is 0 Å². The number of nitrogens with zero attached hydrogens (tertiary/aromatic N) is 1. The van der Waals surface area contributed by atoms with Crippen LogP contribution >= 0.6 is 22.6 Å². The average molecular weight is 513 g/mol. The van der Waals surface area contributed by atoms with Crippen LogP contribution in [0.2, 0.25) is 0 Å². The van der Waals surface area contributed by atoms with Crippen molar-refractivity contribution in [2.24, 2.45) is 4.99 Å². The van der Waals surface area contributed by atoms with Crippen molar-refractivity contribution in [1.82, 2.24) is 0 Å². The van der Waals surface area contributed by atoms with E-state index in [-0.39, 0.29) is 11.5 Å². The fourth-order valence-electron chi connectivity index (χ4n) is 2.88. The van der Waals surface area contributed by atoms with Crippen molar-refractivity contribution in [3.05, 3.63) is 104 Å². The summed E-state index contributed by atoms with van der Waals surface area (Å²) >= 11 is 2.26. The SMILES string of the molecule is Cc1cc(C2=N/C(=C\c3ccc(OCc4ccc(F)cc4)cc3)C(=O)O2)ccc1I. The smallest absolute Gasteiger partial charge is 0.363 e. The van der Waals surface area contributed by atoms with Gasteiger partial charge in [-0.3, -0.25) is 0 Å². The summed E-state index contributed by atoms with van der Waals surface area (Å²) in [6.07, 6.45) is 1.68. The standard InChI is InChI=1S/C24H17FINO3/c1-15-12-18(6-11-21(15)26)23-27-22(24(28)30-23)13-16-4-9-20(10-5-16)29-14-17-2-7-19(25)8-3-17/h2-13H,14H2,1H3/b22-13-. The highest BCUT2D eigenvalue weighted by atomic mass is 127. The lowest BCUT2D eigenvalue weighted by atomic mass is 10.1. The maximum Gasteiger partial charge on any atom is 0.363 e. The molecule has 0 bridgehead atoms. The minimum absolute atomic E-state index is 0.251. The molecular weight excluding hydrogens is 496 g/mol. The quantitative estimate of drug-likeness (QED) is 0.251. The molecule has 0 atom stereocenters. The molecule has 150 valence electrons. The highest BCUT2D eigenvalue weighted by molar-refractivity contribution is 14.1. The van der Waals surface area contributed by atoms with Crippen LogP contribution in [0.3, 0.4) is 0 Å². The van der Waals surface area contributed by atoms with Crippen LogP contribution in [-0.4, -0.2) is 11.9 Å².